The van der Waals surface area contributed by atoms with Gasteiger partial charge in [-0.25, -0.2) is 9.37 Å². The van der Waals surface area contributed by atoms with Crippen molar-refractivity contribution in [3.63, 3.8) is 0 Å². The maximum Gasteiger partial charge on any atom is 0.267 e. The normalized spacial score (nSPS) is 13.2. The Balaban J connectivity index is 1.52. The summed E-state index contributed by atoms with van der Waals surface area (Å²) >= 11 is 7.00. The van der Waals surface area contributed by atoms with Crippen molar-refractivity contribution in [2.24, 2.45) is 0 Å². The maximum absolute atomic E-state index is 14.3. The van der Waals surface area contributed by atoms with Crippen molar-refractivity contribution in [1.29, 1.82) is 0 Å². The molecule has 0 radical (unpaired) electrons. The van der Waals surface area contributed by atoms with Crippen LogP contribution in [0.2, 0.25) is 5.02 Å². The number of rotatable bonds is 5. The lowest BCUT2D eigenvalue weighted by Gasteiger charge is -2.10. The third kappa shape index (κ3) is 4.33. The molecule has 29 heavy (non-hydrogen) atoms. The van der Waals surface area contributed by atoms with Crippen molar-refractivity contribution in [2.45, 2.75) is 18.8 Å². The molecule has 0 bridgehead atoms. The quantitative estimate of drug-likeness (QED) is 0.565. The molecule has 11 heteroatoms. The minimum Gasteiger partial charge on any atom is -0.375 e. The molecule has 4 rings (SSSR count). The summed E-state index contributed by atoms with van der Waals surface area (Å²) in [5, 5.41) is 13.2. The fraction of sp³-hybridized carbons (Fsp3) is 0.167. The molecule has 2 amide bonds. The average molecular weight is 433 g/mol. The van der Waals surface area contributed by atoms with E-state index in [4.69, 9.17) is 17.3 Å². The number of hydrogen-bond donors (Lipinski definition) is 3. The van der Waals surface area contributed by atoms with E-state index in [9.17, 15) is 14.0 Å². The van der Waals surface area contributed by atoms with Crippen LogP contribution in [0.4, 0.5) is 21.0 Å². The number of nitrogen functional groups attached to an aromatic ring is 1. The van der Waals surface area contributed by atoms with Crippen molar-refractivity contribution in [1.82, 2.24) is 15.2 Å². The van der Waals surface area contributed by atoms with Crippen LogP contribution in [0.5, 0.6) is 0 Å². The maximum atomic E-state index is 14.3. The van der Waals surface area contributed by atoms with E-state index in [2.05, 4.69) is 25.8 Å². The van der Waals surface area contributed by atoms with Crippen LogP contribution in [0.3, 0.4) is 0 Å². The van der Waals surface area contributed by atoms with E-state index in [1.807, 2.05) is 0 Å². The Morgan fingerprint density at radius 3 is 2.59 bits per heavy atom. The molecular weight excluding hydrogens is 419 g/mol. The van der Waals surface area contributed by atoms with E-state index in [1.165, 1.54) is 6.20 Å². The van der Waals surface area contributed by atoms with Crippen LogP contribution in [0.25, 0.3) is 0 Å². The SMILES string of the molecule is Nc1ncc(C(=O)Nc2cc(C(=O)Nc3ccc(C4CC4)nn3)c(F)cc2Cl)s1. The zero-order valence-electron chi connectivity index (χ0n) is 14.8. The van der Waals surface area contributed by atoms with Crippen LogP contribution in [-0.2, 0) is 0 Å². The molecule has 0 spiro atoms. The molecule has 1 saturated carbocycles. The van der Waals surface area contributed by atoms with Crippen LogP contribution >= 0.6 is 22.9 Å². The summed E-state index contributed by atoms with van der Waals surface area (Å²) in [7, 11) is 0. The van der Waals surface area contributed by atoms with E-state index in [-0.39, 0.29) is 32.1 Å². The topological polar surface area (TPSA) is 123 Å². The first-order valence-electron chi connectivity index (χ1n) is 8.57. The highest BCUT2D eigenvalue weighted by atomic mass is 35.5. The van der Waals surface area contributed by atoms with Crippen LogP contribution in [-0.4, -0.2) is 27.0 Å². The summed E-state index contributed by atoms with van der Waals surface area (Å²) in [6, 6.07) is 5.50. The standard InChI is InChI=1S/C18H14ClFN6O2S/c19-10-6-11(20)9(5-13(10)23-17(28)14-7-22-18(21)29-14)16(27)24-15-4-3-12(25-26-15)8-1-2-8/h3-8H,1-2H2,(H2,21,22)(H,23,28)(H,24,26,27). The van der Waals surface area contributed by atoms with Crippen molar-refractivity contribution >= 4 is 51.4 Å². The number of carbonyl (C=O) groups is 2. The first kappa shape index (κ1) is 19.2. The predicted molar refractivity (Wildman–Crippen MR) is 108 cm³/mol. The highest BCUT2D eigenvalue weighted by Crippen LogP contribution is 2.38. The smallest absolute Gasteiger partial charge is 0.267 e. The number of carbonyl (C=O) groups excluding carboxylic acids is 2. The summed E-state index contributed by atoms with van der Waals surface area (Å²) in [5.41, 5.74) is 6.15. The molecule has 2 aromatic heterocycles. The molecule has 0 atom stereocenters. The van der Waals surface area contributed by atoms with Gasteiger partial charge in [0.05, 0.1) is 28.2 Å². The second kappa shape index (κ2) is 7.72. The number of halogens is 2. The minimum atomic E-state index is -0.838. The molecular formula is C18H14ClFN6O2S. The minimum absolute atomic E-state index is 0.0570. The van der Waals surface area contributed by atoms with Gasteiger partial charge in [-0.1, -0.05) is 22.9 Å². The summed E-state index contributed by atoms with van der Waals surface area (Å²) in [5.74, 6) is -1.48. The van der Waals surface area contributed by atoms with Crippen LogP contribution in [0, 0.1) is 5.82 Å². The van der Waals surface area contributed by atoms with Gasteiger partial charge in [-0.3, -0.25) is 9.59 Å². The number of nitrogens with two attached hydrogens (primary N) is 1. The molecule has 0 aliphatic heterocycles. The van der Waals surface area contributed by atoms with Gasteiger partial charge >= 0.3 is 0 Å². The number of nitrogens with one attached hydrogen (secondary N) is 2. The number of anilines is 3. The molecule has 1 aliphatic rings. The number of amides is 2. The number of nitrogens with zero attached hydrogens (tertiary/aromatic N) is 3. The summed E-state index contributed by atoms with van der Waals surface area (Å²) < 4.78 is 14.3. The fourth-order valence-corrected chi connectivity index (χ4v) is 3.36. The summed E-state index contributed by atoms with van der Waals surface area (Å²) in [6.07, 6.45) is 3.47. The second-order valence-corrected chi connectivity index (χ2v) is 7.87. The number of thiazole rings is 1. The first-order valence-corrected chi connectivity index (χ1v) is 9.77. The highest BCUT2D eigenvalue weighted by Gasteiger charge is 2.25. The number of benzene rings is 1. The molecule has 0 unspecified atom stereocenters. The lowest BCUT2D eigenvalue weighted by atomic mass is 10.1. The molecule has 1 aliphatic carbocycles. The third-order valence-electron chi connectivity index (χ3n) is 4.22. The molecule has 0 saturated heterocycles. The van der Waals surface area contributed by atoms with Gasteiger partial charge in [0.1, 0.15) is 10.7 Å². The first-order chi connectivity index (χ1) is 13.9. The fourth-order valence-electron chi connectivity index (χ4n) is 2.59. The van der Waals surface area contributed by atoms with Crippen molar-refractivity contribution in [2.75, 3.05) is 16.4 Å². The lowest BCUT2D eigenvalue weighted by molar-refractivity contribution is 0.101. The van der Waals surface area contributed by atoms with Gasteiger partial charge in [-0.15, -0.1) is 5.10 Å². The molecule has 148 valence electrons. The molecule has 2 heterocycles. The molecule has 4 N–H and O–H groups in total. The number of aromatic nitrogens is 3. The van der Waals surface area contributed by atoms with E-state index in [0.717, 1.165) is 42.0 Å². The Morgan fingerprint density at radius 1 is 1.17 bits per heavy atom. The van der Waals surface area contributed by atoms with Crippen molar-refractivity contribution < 1.29 is 14.0 Å². The Bertz CT molecular complexity index is 1100. The Labute approximate surface area is 173 Å². The van der Waals surface area contributed by atoms with Crippen LogP contribution in [0.1, 0.15) is 44.5 Å². The second-order valence-electron chi connectivity index (χ2n) is 6.40. The summed E-state index contributed by atoms with van der Waals surface area (Å²) in [6.45, 7) is 0. The highest BCUT2D eigenvalue weighted by molar-refractivity contribution is 7.17. The van der Waals surface area contributed by atoms with E-state index in [1.54, 1.807) is 12.1 Å². The van der Waals surface area contributed by atoms with Crippen molar-refractivity contribution in [3.8, 4) is 0 Å². The Morgan fingerprint density at radius 2 is 1.97 bits per heavy atom. The van der Waals surface area contributed by atoms with Gasteiger partial charge in [0.2, 0.25) is 0 Å². The van der Waals surface area contributed by atoms with Crippen LogP contribution in [0.15, 0.2) is 30.5 Å². The molecule has 1 fully saturated rings. The summed E-state index contributed by atoms with van der Waals surface area (Å²) in [4.78, 5) is 28.8. The van der Waals surface area contributed by atoms with E-state index < -0.39 is 17.6 Å². The Hall–Kier alpha value is -3.11. The predicted octanol–water partition coefficient (Wildman–Crippen LogP) is 3.69. The molecule has 1 aromatic carbocycles. The van der Waals surface area contributed by atoms with Gasteiger partial charge < -0.3 is 16.4 Å². The lowest BCUT2D eigenvalue weighted by Crippen LogP contribution is -2.17. The van der Waals surface area contributed by atoms with E-state index >= 15 is 0 Å². The van der Waals surface area contributed by atoms with Gasteiger partial charge in [-0.05, 0) is 37.1 Å². The zero-order valence-corrected chi connectivity index (χ0v) is 16.4. The van der Waals surface area contributed by atoms with Gasteiger partial charge in [0.15, 0.2) is 10.9 Å². The molecule has 3 aromatic rings. The van der Waals surface area contributed by atoms with E-state index in [0.29, 0.717) is 5.92 Å². The monoisotopic (exact) mass is 432 g/mol. The zero-order chi connectivity index (χ0) is 20.5. The van der Waals surface area contributed by atoms with Gasteiger partial charge in [0.25, 0.3) is 11.8 Å². The molecule has 8 nitrogen and oxygen atoms in total. The van der Waals surface area contributed by atoms with Gasteiger partial charge in [-0.2, -0.15) is 5.10 Å². The number of hydrogen-bond acceptors (Lipinski definition) is 7. The largest absolute Gasteiger partial charge is 0.375 e. The van der Waals surface area contributed by atoms with Crippen molar-refractivity contribution in [3.05, 3.63) is 57.4 Å². The van der Waals surface area contributed by atoms with Crippen LogP contribution < -0.4 is 16.4 Å². The van der Waals surface area contributed by atoms with Gasteiger partial charge in [0, 0.05) is 5.92 Å². The third-order valence-corrected chi connectivity index (χ3v) is 5.36. The Kier molecular flexibility index (Phi) is 5.12. The average Bonchev–Trinajstić information content (AvgIpc) is 3.44.